The van der Waals surface area contributed by atoms with Gasteiger partial charge < -0.3 is 15.5 Å². The number of aliphatic hydroxyl groups excluding tert-OH is 2. The van der Waals surface area contributed by atoms with Crippen molar-refractivity contribution in [3.8, 4) is 0 Å². The molecule has 0 saturated heterocycles. The minimum Gasteiger partial charge on any atom is -0.394 e. The van der Waals surface area contributed by atoms with Crippen molar-refractivity contribution in [2.24, 2.45) is 0 Å². The molecule has 0 radical (unpaired) electrons. The summed E-state index contributed by atoms with van der Waals surface area (Å²) in [4.78, 5) is 12.3. The topological polar surface area (TPSA) is 69.6 Å². The van der Waals surface area contributed by atoms with Crippen LogP contribution in [0.3, 0.4) is 0 Å². The number of hydrogen-bond donors (Lipinski definition) is 3. The number of carbonyl (C=O) groups excluding carboxylic acids is 1. The molecule has 0 heterocycles. The largest absolute Gasteiger partial charge is 0.394 e. The standard InChI is InChI=1S/C34H69NO3/c1-3-5-7-9-11-13-14-15-16-17-18-19-20-22-24-26-28-30-34(38)35-32(31-36)33(37)29-27-25-23-21-12-10-8-6-4-2/h32-33,36-37H,3-31H2,1-2H3,(H,35,38). The van der Waals surface area contributed by atoms with Crippen LogP contribution in [0.4, 0.5) is 0 Å². The molecule has 38 heavy (non-hydrogen) atoms. The molecular weight excluding hydrogens is 470 g/mol. The van der Waals surface area contributed by atoms with Crippen molar-refractivity contribution in [3.05, 3.63) is 0 Å². The summed E-state index contributed by atoms with van der Waals surface area (Å²) in [6, 6.07) is -0.526. The van der Waals surface area contributed by atoms with Crippen LogP contribution < -0.4 is 5.32 Å². The normalized spacial score (nSPS) is 13.1. The van der Waals surface area contributed by atoms with E-state index in [9.17, 15) is 15.0 Å². The average Bonchev–Trinajstić information content (AvgIpc) is 2.92. The maximum Gasteiger partial charge on any atom is 0.220 e. The van der Waals surface area contributed by atoms with E-state index in [1.165, 1.54) is 141 Å². The van der Waals surface area contributed by atoms with Gasteiger partial charge in [0.2, 0.25) is 5.91 Å². The van der Waals surface area contributed by atoms with Crippen LogP contribution in [0, 0.1) is 0 Å². The fourth-order valence-corrected chi connectivity index (χ4v) is 5.42. The lowest BCUT2D eigenvalue weighted by atomic mass is 10.0. The first-order valence-corrected chi connectivity index (χ1v) is 17.2. The Bertz CT molecular complexity index is 471. The van der Waals surface area contributed by atoms with Gasteiger partial charge in [-0.05, 0) is 12.8 Å². The first kappa shape index (κ1) is 37.4. The summed E-state index contributed by atoms with van der Waals surface area (Å²) in [5.41, 5.74) is 0. The Morgan fingerprint density at radius 2 is 0.842 bits per heavy atom. The zero-order valence-corrected chi connectivity index (χ0v) is 26.0. The molecule has 0 aromatic carbocycles. The fourth-order valence-electron chi connectivity index (χ4n) is 5.42. The molecule has 0 bridgehead atoms. The van der Waals surface area contributed by atoms with Crippen LogP contribution in [-0.2, 0) is 4.79 Å². The molecule has 0 aromatic rings. The van der Waals surface area contributed by atoms with E-state index in [1.807, 2.05) is 0 Å². The predicted octanol–water partition coefficient (Wildman–Crippen LogP) is 9.79. The molecule has 0 aliphatic rings. The molecule has 0 rings (SSSR count). The Hall–Kier alpha value is -0.610. The van der Waals surface area contributed by atoms with Gasteiger partial charge in [0.15, 0.2) is 0 Å². The Morgan fingerprint density at radius 1 is 0.526 bits per heavy atom. The zero-order valence-electron chi connectivity index (χ0n) is 26.0. The van der Waals surface area contributed by atoms with E-state index in [2.05, 4.69) is 19.2 Å². The highest BCUT2D eigenvalue weighted by molar-refractivity contribution is 5.76. The smallest absolute Gasteiger partial charge is 0.220 e. The Kier molecular flexibility index (Phi) is 30.4. The summed E-state index contributed by atoms with van der Waals surface area (Å²) in [5, 5.41) is 22.9. The van der Waals surface area contributed by atoms with Gasteiger partial charge in [-0.3, -0.25) is 4.79 Å². The van der Waals surface area contributed by atoms with Crippen LogP contribution in [0.25, 0.3) is 0 Å². The number of hydrogen-bond acceptors (Lipinski definition) is 3. The van der Waals surface area contributed by atoms with E-state index < -0.39 is 12.1 Å². The molecule has 4 nitrogen and oxygen atoms in total. The number of amides is 1. The number of aliphatic hydroxyl groups is 2. The third-order valence-corrected chi connectivity index (χ3v) is 8.12. The van der Waals surface area contributed by atoms with E-state index >= 15 is 0 Å². The van der Waals surface area contributed by atoms with Gasteiger partial charge in [-0.25, -0.2) is 0 Å². The summed E-state index contributed by atoms with van der Waals surface area (Å²) >= 11 is 0. The van der Waals surface area contributed by atoms with Crippen molar-refractivity contribution in [1.82, 2.24) is 5.32 Å². The molecule has 2 unspecified atom stereocenters. The maximum atomic E-state index is 12.3. The van der Waals surface area contributed by atoms with Gasteiger partial charge in [0.05, 0.1) is 18.8 Å². The van der Waals surface area contributed by atoms with Crippen LogP contribution in [0.1, 0.15) is 194 Å². The van der Waals surface area contributed by atoms with Crippen molar-refractivity contribution >= 4 is 5.91 Å². The van der Waals surface area contributed by atoms with Gasteiger partial charge in [-0.1, -0.05) is 174 Å². The van der Waals surface area contributed by atoms with E-state index in [-0.39, 0.29) is 12.5 Å². The highest BCUT2D eigenvalue weighted by Crippen LogP contribution is 2.15. The summed E-state index contributed by atoms with van der Waals surface area (Å²) in [7, 11) is 0. The van der Waals surface area contributed by atoms with Crippen molar-refractivity contribution < 1.29 is 15.0 Å². The van der Waals surface area contributed by atoms with Crippen LogP contribution in [0.15, 0.2) is 0 Å². The first-order chi connectivity index (χ1) is 18.7. The second-order valence-electron chi connectivity index (χ2n) is 11.9. The van der Waals surface area contributed by atoms with Crippen LogP contribution in [0.2, 0.25) is 0 Å². The Morgan fingerprint density at radius 3 is 1.18 bits per heavy atom. The van der Waals surface area contributed by atoms with Crippen LogP contribution >= 0.6 is 0 Å². The van der Waals surface area contributed by atoms with Crippen LogP contribution in [0.5, 0.6) is 0 Å². The summed E-state index contributed by atoms with van der Waals surface area (Å²) < 4.78 is 0. The van der Waals surface area contributed by atoms with Crippen molar-refractivity contribution in [2.45, 2.75) is 206 Å². The van der Waals surface area contributed by atoms with Crippen molar-refractivity contribution in [2.75, 3.05) is 6.61 Å². The number of rotatable bonds is 31. The van der Waals surface area contributed by atoms with Crippen molar-refractivity contribution in [1.29, 1.82) is 0 Å². The van der Waals surface area contributed by atoms with E-state index in [4.69, 9.17) is 0 Å². The number of nitrogens with one attached hydrogen (secondary N) is 1. The Balaban J connectivity index is 3.50. The van der Waals surface area contributed by atoms with Gasteiger partial charge in [0, 0.05) is 6.42 Å². The SMILES string of the molecule is CCCCCCCCCCCCCCCCCCCC(=O)NC(CO)C(O)CCCCCCCCCCC. The first-order valence-electron chi connectivity index (χ1n) is 17.2. The van der Waals surface area contributed by atoms with E-state index in [0.29, 0.717) is 12.8 Å². The molecule has 0 aliphatic heterocycles. The lowest BCUT2D eigenvalue weighted by Gasteiger charge is -2.22. The van der Waals surface area contributed by atoms with Gasteiger partial charge in [0.25, 0.3) is 0 Å². The van der Waals surface area contributed by atoms with E-state index in [1.54, 1.807) is 0 Å². The summed E-state index contributed by atoms with van der Waals surface area (Å²) in [5.74, 6) is -0.0314. The third-order valence-electron chi connectivity index (χ3n) is 8.12. The van der Waals surface area contributed by atoms with Crippen molar-refractivity contribution in [3.63, 3.8) is 0 Å². The molecular formula is C34H69NO3. The zero-order chi connectivity index (χ0) is 27.9. The molecule has 2 atom stereocenters. The Labute approximate surface area is 238 Å². The third kappa shape index (κ3) is 27.0. The molecule has 1 amide bonds. The lowest BCUT2D eigenvalue weighted by Crippen LogP contribution is -2.45. The minimum atomic E-state index is -0.649. The van der Waals surface area contributed by atoms with E-state index in [0.717, 1.165) is 25.7 Å². The predicted molar refractivity (Wildman–Crippen MR) is 166 cm³/mol. The monoisotopic (exact) mass is 540 g/mol. The van der Waals surface area contributed by atoms with Gasteiger partial charge in [-0.15, -0.1) is 0 Å². The molecule has 4 heteroatoms. The van der Waals surface area contributed by atoms with Gasteiger partial charge >= 0.3 is 0 Å². The molecule has 0 fully saturated rings. The average molecular weight is 540 g/mol. The number of unbranched alkanes of at least 4 members (excludes halogenated alkanes) is 24. The molecule has 228 valence electrons. The molecule has 0 spiro atoms. The van der Waals surface area contributed by atoms with Crippen LogP contribution in [-0.4, -0.2) is 34.9 Å². The minimum absolute atomic E-state index is 0.0314. The number of carbonyl (C=O) groups is 1. The van der Waals surface area contributed by atoms with Gasteiger partial charge in [0.1, 0.15) is 0 Å². The lowest BCUT2D eigenvalue weighted by molar-refractivity contribution is -0.123. The quantitative estimate of drug-likeness (QED) is 0.0768. The highest BCUT2D eigenvalue weighted by atomic mass is 16.3. The molecule has 3 N–H and O–H groups in total. The second kappa shape index (κ2) is 30.9. The molecule has 0 aromatic heterocycles. The second-order valence-corrected chi connectivity index (χ2v) is 11.9. The highest BCUT2D eigenvalue weighted by Gasteiger charge is 2.19. The summed E-state index contributed by atoms with van der Waals surface area (Å²) in [6.45, 7) is 4.34. The molecule has 0 aliphatic carbocycles. The fraction of sp³-hybridized carbons (Fsp3) is 0.971. The summed E-state index contributed by atoms with van der Waals surface area (Å²) in [6.07, 6.45) is 34.4. The molecule has 0 saturated carbocycles. The maximum absolute atomic E-state index is 12.3. The van der Waals surface area contributed by atoms with Gasteiger partial charge in [-0.2, -0.15) is 0 Å².